The molecule has 2 fully saturated rings. The third kappa shape index (κ3) is 3.35. The van der Waals surface area contributed by atoms with Gasteiger partial charge in [-0.3, -0.25) is 0 Å². The van der Waals surface area contributed by atoms with Gasteiger partial charge in [0.15, 0.2) is 0 Å². The molecule has 5 heteroatoms. The molecule has 92 valence electrons. The molecule has 0 aliphatic carbocycles. The molecule has 0 bridgehead atoms. The van der Waals surface area contributed by atoms with Gasteiger partial charge in [0.1, 0.15) is 0 Å². The number of ether oxygens (including phenoxy) is 1. The Morgan fingerprint density at radius 2 is 2.25 bits per heavy atom. The van der Waals surface area contributed by atoms with E-state index < -0.39 is 0 Å². The Bertz CT molecular complexity index is 223. The van der Waals surface area contributed by atoms with Crippen LogP contribution in [0.4, 0.5) is 4.79 Å². The van der Waals surface area contributed by atoms with Gasteiger partial charge < -0.3 is 20.3 Å². The number of rotatable bonds is 3. The molecular weight excluding hydrogens is 206 g/mol. The molecule has 0 aromatic carbocycles. The van der Waals surface area contributed by atoms with E-state index in [1.165, 1.54) is 6.42 Å². The summed E-state index contributed by atoms with van der Waals surface area (Å²) in [6.07, 6.45) is 2.33. The molecule has 0 aromatic rings. The van der Waals surface area contributed by atoms with Gasteiger partial charge in [-0.15, -0.1) is 0 Å². The molecule has 2 N–H and O–H groups in total. The van der Waals surface area contributed by atoms with Crippen LogP contribution in [-0.4, -0.2) is 56.9 Å². The fourth-order valence-corrected chi connectivity index (χ4v) is 2.22. The molecule has 2 heterocycles. The number of nitrogens with zero attached hydrogens (tertiary/aromatic N) is 1. The van der Waals surface area contributed by atoms with E-state index in [0.29, 0.717) is 13.2 Å². The molecule has 5 nitrogen and oxygen atoms in total. The van der Waals surface area contributed by atoms with Crippen molar-refractivity contribution >= 4 is 6.03 Å². The number of urea groups is 1. The van der Waals surface area contributed by atoms with Crippen molar-refractivity contribution in [2.75, 3.05) is 45.9 Å². The largest absolute Gasteiger partial charge is 0.378 e. The Morgan fingerprint density at radius 3 is 2.94 bits per heavy atom. The fraction of sp³-hybridized carbons (Fsp3) is 0.909. The summed E-state index contributed by atoms with van der Waals surface area (Å²) >= 11 is 0. The minimum absolute atomic E-state index is 0.0641. The van der Waals surface area contributed by atoms with Crippen LogP contribution in [0.5, 0.6) is 0 Å². The summed E-state index contributed by atoms with van der Waals surface area (Å²) in [5, 5.41) is 6.32. The highest BCUT2D eigenvalue weighted by Gasteiger charge is 2.17. The maximum atomic E-state index is 11.7. The predicted molar refractivity (Wildman–Crippen MR) is 61.4 cm³/mol. The molecule has 2 saturated heterocycles. The quantitative estimate of drug-likeness (QED) is 0.715. The van der Waals surface area contributed by atoms with Crippen molar-refractivity contribution in [2.45, 2.75) is 12.8 Å². The number of carbonyl (C=O) groups is 1. The van der Waals surface area contributed by atoms with E-state index in [1.54, 1.807) is 0 Å². The van der Waals surface area contributed by atoms with E-state index in [1.807, 2.05) is 4.90 Å². The lowest BCUT2D eigenvalue weighted by atomic mass is 10.1. The first-order valence-electron chi connectivity index (χ1n) is 6.17. The van der Waals surface area contributed by atoms with Crippen LogP contribution in [0.1, 0.15) is 12.8 Å². The minimum Gasteiger partial charge on any atom is -0.378 e. The Kier molecular flexibility index (Phi) is 4.42. The van der Waals surface area contributed by atoms with E-state index in [0.717, 1.165) is 45.1 Å². The molecule has 2 aliphatic heterocycles. The van der Waals surface area contributed by atoms with Gasteiger partial charge in [0.2, 0.25) is 0 Å². The minimum atomic E-state index is 0.0641. The van der Waals surface area contributed by atoms with Crippen LogP contribution in [0.15, 0.2) is 0 Å². The summed E-state index contributed by atoms with van der Waals surface area (Å²) in [6.45, 7) is 5.80. The third-order valence-electron chi connectivity index (χ3n) is 3.29. The summed E-state index contributed by atoms with van der Waals surface area (Å²) in [4.78, 5) is 13.5. The number of hydrogen-bond acceptors (Lipinski definition) is 3. The molecule has 0 radical (unpaired) electrons. The van der Waals surface area contributed by atoms with Gasteiger partial charge in [-0.25, -0.2) is 4.79 Å². The maximum absolute atomic E-state index is 11.7. The Hall–Kier alpha value is -0.810. The molecule has 0 aromatic heterocycles. The van der Waals surface area contributed by atoms with E-state index >= 15 is 0 Å². The van der Waals surface area contributed by atoms with Gasteiger partial charge in [-0.05, 0) is 31.8 Å². The molecule has 1 unspecified atom stereocenters. The predicted octanol–water partition coefficient (Wildman–Crippen LogP) is 0.0278. The highest BCUT2D eigenvalue weighted by Crippen LogP contribution is 2.10. The van der Waals surface area contributed by atoms with Gasteiger partial charge in [-0.1, -0.05) is 0 Å². The van der Waals surface area contributed by atoms with Crippen molar-refractivity contribution in [3.8, 4) is 0 Å². The van der Waals surface area contributed by atoms with Crippen LogP contribution in [0.3, 0.4) is 0 Å². The van der Waals surface area contributed by atoms with Crippen LogP contribution in [0.2, 0.25) is 0 Å². The van der Waals surface area contributed by atoms with Gasteiger partial charge in [0, 0.05) is 19.6 Å². The second-order valence-corrected chi connectivity index (χ2v) is 4.48. The number of nitrogens with one attached hydrogen (secondary N) is 2. The number of carbonyl (C=O) groups excluding carboxylic acids is 1. The smallest absolute Gasteiger partial charge is 0.317 e. The van der Waals surface area contributed by atoms with Gasteiger partial charge in [-0.2, -0.15) is 0 Å². The normalized spacial score (nSPS) is 25.8. The van der Waals surface area contributed by atoms with Crippen LogP contribution in [-0.2, 0) is 4.74 Å². The summed E-state index contributed by atoms with van der Waals surface area (Å²) < 4.78 is 5.21. The first-order valence-corrected chi connectivity index (χ1v) is 6.17. The van der Waals surface area contributed by atoms with Crippen molar-refractivity contribution in [3.05, 3.63) is 0 Å². The average Bonchev–Trinajstić information content (AvgIpc) is 2.83. The zero-order valence-corrected chi connectivity index (χ0v) is 9.71. The molecule has 2 rings (SSSR count). The zero-order valence-electron chi connectivity index (χ0n) is 9.71. The highest BCUT2D eigenvalue weighted by molar-refractivity contribution is 5.74. The second kappa shape index (κ2) is 6.06. The lowest BCUT2D eigenvalue weighted by molar-refractivity contribution is 0.0532. The number of morpholine rings is 1. The maximum Gasteiger partial charge on any atom is 0.317 e. The van der Waals surface area contributed by atoms with Crippen molar-refractivity contribution in [2.24, 2.45) is 5.92 Å². The molecule has 0 spiro atoms. The van der Waals surface area contributed by atoms with Crippen LogP contribution in [0, 0.1) is 5.92 Å². The topological polar surface area (TPSA) is 53.6 Å². The van der Waals surface area contributed by atoms with E-state index in [2.05, 4.69) is 10.6 Å². The molecular formula is C11H21N3O2. The van der Waals surface area contributed by atoms with Gasteiger partial charge >= 0.3 is 6.03 Å². The molecule has 2 aliphatic rings. The second-order valence-electron chi connectivity index (χ2n) is 4.48. The van der Waals surface area contributed by atoms with Gasteiger partial charge in [0.05, 0.1) is 13.2 Å². The first kappa shape index (κ1) is 11.7. The third-order valence-corrected chi connectivity index (χ3v) is 3.29. The lowest BCUT2D eigenvalue weighted by Crippen LogP contribution is -2.46. The van der Waals surface area contributed by atoms with Crippen molar-refractivity contribution in [3.63, 3.8) is 0 Å². The lowest BCUT2D eigenvalue weighted by Gasteiger charge is -2.27. The van der Waals surface area contributed by atoms with Crippen LogP contribution >= 0.6 is 0 Å². The monoisotopic (exact) mass is 227 g/mol. The van der Waals surface area contributed by atoms with E-state index in [-0.39, 0.29) is 6.03 Å². The SMILES string of the molecule is O=C(NCCC1CCNC1)N1CCOCC1. The summed E-state index contributed by atoms with van der Waals surface area (Å²) in [5.74, 6) is 0.741. The average molecular weight is 227 g/mol. The first-order chi connectivity index (χ1) is 7.86. The fourth-order valence-electron chi connectivity index (χ4n) is 2.22. The number of hydrogen-bond donors (Lipinski definition) is 2. The zero-order chi connectivity index (χ0) is 11.2. The Labute approximate surface area is 96.5 Å². The molecule has 16 heavy (non-hydrogen) atoms. The summed E-state index contributed by atoms with van der Waals surface area (Å²) in [7, 11) is 0. The number of amides is 2. The molecule has 0 saturated carbocycles. The molecule has 2 amide bonds. The van der Waals surface area contributed by atoms with Crippen molar-refractivity contribution < 1.29 is 9.53 Å². The molecule has 1 atom stereocenters. The Morgan fingerprint density at radius 1 is 1.44 bits per heavy atom. The standard InChI is InChI=1S/C11H21N3O2/c15-11(14-5-7-16-8-6-14)13-4-2-10-1-3-12-9-10/h10,12H,1-9H2,(H,13,15). The van der Waals surface area contributed by atoms with E-state index in [9.17, 15) is 4.79 Å². The van der Waals surface area contributed by atoms with E-state index in [4.69, 9.17) is 4.74 Å². The van der Waals surface area contributed by atoms with Crippen molar-refractivity contribution in [1.29, 1.82) is 0 Å². The van der Waals surface area contributed by atoms with Crippen molar-refractivity contribution in [1.82, 2.24) is 15.5 Å². The highest BCUT2D eigenvalue weighted by atomic mass is 16.5. The Balaban J connectivity index is 1.59. The summed E-state index contributed by atoms with van der Waals surface area (Å²) in [6, 6.07) is 0.0641. The van der Waals surface area contributed by atoms with Gasteiger partial charge in [0.25, 0.3) is 0 Å². The summed E-state index contributed by atoms with van der Waals surface area (Å²) in [5.41, 5.74) is 0. The van der Waals surface area contributed by atoms with Crippen LogP contribution < -0.4 is 10.6 Å². The van der Waals surface area contributed by atoms with Crippen LogP contribution in [0.25, 0.3) is 0 Å².